The molecule has 0 spiro atoms. The molecule has 6 unspecified atom stereocenters. The second kappa shape index (κ2) is 10.7. The molecule has 0 aliphatic carbocycles. The molecule has 8 heteroatoms. The van der Waals surface area contributed by atoms with Gasteiger partial charge in [-0.2, -0.15) is 25.3 Å². The van der Waals surface area contributed by atoms with Gasteiger partial charge in [-0.3, -0.25) is 0 Å². The zero-order valence-electron chi connectivity index (χ0n) is 12.3. The van der Waals surface area contributed by atoms with Crippen LogP contribution in [0.25, 0.3) is 0 Å². The maximum atomic E-state index is 4.57. The first-order valence-electron chi connectivity index (χ1n) is 7.12. The van der Waals surface area contributed by atoms with E-state index in [1.165, 1.54) is 28.1 Å². The van der Waals surface area contributed by atoms with Crippen molar-refractivity contribution >= 4 is 95.8 Å². The topological polar surface area (TPSA) is 0 Å². The highest BCUT2D eigenvalue weighted by Crippen LogP contribution is 2.44. The first-order valence-corrected chi connectivity index (χ1v) is 14.4. The fourth-order valence-electron chi connectivity index (χ4n) is 1.98. The van der Waals surface area contributed by atoms with E-state index in [0.717, 1.165) is 19.7 Å². The van der Waals surface area contributed by atoms with E-state index >= 15 is 0 Å². The standard InChI is InChI=1S/C13H24S8/c1-8(14)10-3-18-12(20-10)5-16-7-17-6-13-19-4-11(21-13)9(2)15/h8-15H,3-7H2,1-2H3. The maximum Gasteiger partial charge on any atom is 0.0596 e. The number of hydrogen-bond donors (Lipinski definition) is 2. The van der Waals surface area contributed by atoms with Gasteiger partial charge in [-0.05, 0) is 0 Å². The molecule has 2 fully saturated rings. The molecule has 0 aromatic heterocycles. The van der Waals surface area contributed by atoms with Crippen LogP contribution >= 0.6 is 95.8 Å². The Bertz CT molecular complexity index is 270. The molecule has 21 heavy (non-hydrogen) atoms. The lowest BCUT2D eigenvalue weighted by molar-refractivity contribution is 0.953. The molecule has 0 aromatic rings. The average molecular weight is 437 g/mol. The maximum absolute atomic E-state index is 4.57. The van der Waals surface area contributed by atoms with Crippen molar-refractivity contribution in [2.75, 3.05) is 28.1 Å². The Balaban J connectivity index is 1.48. The summed E-state index contributed by atoms with van der Waals surface area (Å²) in [7, 11) is 0. The molecule has 2 aliphatic rings. The van der Waals surface area contributed by atoms with Crippen molar-refractivity contribution in [2.24, 2.45) is 0 Å². The molecule has 0 amide bonds. The second-order valence-corrected chi connectivity index (χ2v) is 15.2. The molecule has 2 heterocycles. The van der Waals surface area contributed by atoms with Gasteiger partial charge in [-0.15, -0.1) is 70.6 Å². The van der Waals surface area contributed by atoms with Crippen LogP contribution in [0.2, 0.25) is 0 Å². The summed E-state index contributed by atoms with van der Waals surface area (Å²) in [6.07, 6.45) is 0. The summed E-state index contributed by atoms with van der Waals surface area (Å²) in [5.41, 5.74) is 0. The Morgan fingerprint density at radius 1 is 0.905 bits per heavy atom. The number of thioether (sulfide) groups is 6. The Kier molecular flexibility index (Phi) is 10.3. The van der Waals surface area contributed by atoms with Gasteiger partial charge in [0.15, 0.2) is 0 Å². The quantitative estimate of drug-likeness (QED) is 0.295. The van der Waals surface area contributed by atoms with Crippen LogP contribution in [0.1, 0.15) is 13.8 Å². The number of thiol groups is 2. The van der Waals surface area contributed by atoms with Crippen LogP contribution in [-0.2, 0) is 0 Å². The number of rotatable bonds is 8. The predicted molar refractivity (Wildman–Crippen MR) is 122 cm³/mol. The van der Waals surface area contributed by atoms with Crippen LogP contribution in [0.4, 0.5) is 0 Å². The van der Waals surface area contributed by atoms with Crippen molar-refractivity contribution < 1.29 is 0 Å². The Morgan fingerprint density at radius 2 is 1.33 bits per heavy atom. The molecule has 0 radical (unpaired) electrons. The van der Waals surface area contributed by atoms with E-state index in [1.807, 2.05) is 0 Å². The summed E-state index contributed by atoms with van der Waals surface area (Å²) in [5.74, 6) is 5.15. The van der Waals surface area contributed by atoms with Crippen molar-refractivity contribution in [1.29, 1.82) is 0 Å². The van der Waals surface area contributed by atoms with Crippen LogP contribution in [0, 0.1) is 0 Å². The van der Waals surface area contributed by atoms with Crippen molar-refractivity contribution in [3.63, 3.8) is 0 Å². The Hall–Kier alpha value is 2.80. The molecule has 0 aromatic carbocycles. The van der Waals surface area contributed by atoms with Crippen LogP contribution in [0.15, 0.2) is 0 Å². The molecule has 0 bridgehead atoms. The van der Waals surface area contributed by atoms with Crippen molar-refractivity contribution in [1.82, 2.24) is 0 Å². The summed E-state index contributed by atoms with van der Waals surface area (Å²) in [4.78, 5) is 0. The third-order valence-electron chi connectivity index (χ3n) is 3.30. The van der Waals surface area contributed by atoms with E-state index in [-0.39, 0.29) is 0 Å². The van der Waals surface area contributed by atoms with E-state index in [2.05, 4.69) is 110 Å². The highest BCUT2D eigenvalue weighted by molar-refractivity contribution is 8.24. The molecule has 2 saturated heterocycles. The minimum atomic E-state index is 0.533. The molecule has 124 valence electrons. The van der Waals surface area contributed by atoms with E-state index in [9.17, 15) is 0 Å². The lowest BCUT2D eigenvalue weighted by atomic mass is 10.4. The fraction of sp³-hybridized carbons (Fsp3) is 1.00. The lowest BCUT2D eigenvalue weighted by Gasteiger charge is -2.13. The first kappa shape index (κ1) is 20.1. The van der Waals surface area contributed by atoms with Gasteiger partial charge < -0.3 is 0 Å². The van der Waals surface area contributed by atoms with Crippen LogP contribution in [0.5, 0.6) is 0 Å². The average Bonchev–Trinajstić information content (AvgIpc) is 3.06. The highest BCUT2D eigenvalue weighted by Gasteiger charge is 2.29. The SMILES string of the molecule is CC(S)C1CSC(CSCSCC2SCC(C(C)S)S2)S1. The molecule has 2 rings (SSSR count). The molecule has 2 aliphatic heterocycles. The molecule has 0 saturated carbocycles. The van der Waals surface area contributed by atoms with Crippen LogP contribution in [0.3, 0.4) is 0 Å². The lowest BCUT2D eigenvalue weighted by Crippen LogP contribution is -2.13. The largest absolute Gasteiger partial charge is 0.175 e. The molecule has 6 atom stereocenters. The van der Waals surface area contributed by atoms with Crippen LogP contribution < -0.4 is 0 Å². The normalized spacial score (nSPS) is 36.0. The molecule has 0 nitrogen and oxygen atoms in total. The smallest absolute Gasteiger partial charge is 0.0596 e. The van der Waals surface area contributed by atoms with Crippen molar-refractivity contribution in [2.45, 2.75) is 44.0 Å². The summed E-state index contributed by atoms with van der Waals surface area (Å²) in [6, 6.07) is 0. The van der Waals surface area contributed by atoms with E-state index in [1.54, 1.807) is 0 Å². The van der Waals surface area contributed by atoms with Gasteiger partial charge in [0, 0.05) is 49.1 Å². The van der Waals surface area contributed by atoms with E-state index < -0.39 is 0 Å². The molecule has 0 N–H and O–H groups in total. The van der Waals surface area contributed by atoms with Gasteiger partial charge in [-0.1, -0.05) is 13.8 Å². The summed E-state index contributed by atoms with van der Waals surface area (Å²) in [5, 5.41) is 3.82. The van der Waals surface area contributed by atoms with Gasteiger partial charge in [0.1, 0.15) is 0 Å². The van der Waals surface area contributed by atoms with Gasteiger partial charge in [-0.25, -0.2) is 0 Å². The summed E-state index contributed by atoms with van der Waals surface area (Å²) in [6.45, 7) is 4.45. The van der Waals surface area contributed by atoms with Gasteiger partial charge in [0.2, 0.25) is 0 Å². The third-order valence-corrected chi connectivity index (χ3v) is 14.6. The Morgan fingerprint density at radius 3 is 1.67 bits per heavy atom. The summed E-state index contributed by atoms with van der Waals surface area (Å²) < 4.78 is 1.58. The van der Waals surface area contributed by atoms with Gasteiger partial charge in [0.05, 0.1) is 9.16 Å². The highest BCUT2D eigenvalue weighted by atomic mass is 32.2. The minimum absolute atomic E-state index is 0.533. The first-order chi connectivity index (χ1) is 10.1. The van der Waals surface area contributed by atoms with Crippen molar-refractivity contribution in [3.8, 4) is 0 Å². The van der Waals surface area contributed by atoms with E-state index in [4.69, 9.17) is 0 Å². The molecular formula is C13H24S8. The van der Waals surface area contributed by atoms with E-state index in [0.29, 0.717) is 10.5 Å². The monoisotopic (exact) mass is 436 g/mol. The third kappa shape index (κ3) is 7.28. The second-order valence-electron chi connectivity index (χ2n) is 5.22. The zero-order valence-corrected chi connectivity index (χ0v) is 19.0. The minimum Gasteiger partial charge on any atom is -0.175 e. The number of hydrogen-bond acceptors (Lipinski definition) is 8. The fourth-order valence-corrected chi connectivity index (χ4v) is 12.8. The zero-order chi connectivity index (χ0) is 15.2. The molecular weight excluding hydrogens is 413 g/mol. The van der Waals surface area contributed by atoms with Crippen LogP contribution in [-0.4, -0.2) is 58.3 Å². The van der Waals surface area contributed by atoms with Gasteiger partial charge >= 0.3 is 0 Å². The Labute approximate surface area is 166 Å². The summed E-state index contributed by atoms with van der Waals surface area (Å²) >= 11 is 21.9. The van der Waals surface area contributed by atoms with Gasteiger partial charge in [0.25, 0.3) is 0 Å². The van der Waals surface area contributed by atoms with Crippen molar-refractivity contribution in [3.05, 3.63) is 0 Å². The predicted octanol–water partition coefficient (Wildman–Crippen LogP) is 5.40.